The van der Waals surface area contributed by atoms with E-state index in [0.717, 1.165) is 11.3 Å². The summed E-state index contributed by atoms with van der Waals surface area (Å²) in [6, 6.07) is 5.47. The van der Waals surface area contributed by atoms with Crippen LogP contribution < -0.4 is 4.74 Å². The zero-order valence-electron chi connectivity index (χ0n) is 9.17. The van der Waals surface area contributed by atoms with Crippen molar-refractivity contribution in [2.75, 3.05) is 20.7 Å². The highest BCUT2D eigenvalue weighted by Gasteiger charge is 2.07. The standard InChI is InChI=1S/C11H13Cl2NO2/c1-14(11(13)15)6-5-8-3-4-9(16-2)7-10(8)12/h3-4,7H,5-6H2,1-2H3. The van der Waals surface area contributed by atoms with E-state index in [4.69, 9.17) is 27.9 Å². The topological polar surface area (TPSA) is 29.5 Å². The van der Waals surface area contributed by atoms with Crippen molar-refractivity contribution in [2.24, 2.45) is 0 Å². The van der Waals surface area contributed by atoms with Crippen LogP contribution >= 0.6 is 23.2 Å². The van der Waals surface area contributed by atoms with Crippen LogP contribution in [0.2, 0.25) is 5.02 Å². The Bertz CT molecular complexity index is 382. The SMILES string of the molecule is COc1ccc(CCN(C)C(=O)Cl)c(Cl)c1. The monoisotopic (exact) mass is 261 g/mol. The van der Waals surface area contributed by atoms with Crippen LogP contribution in [0, 0.1) is 0 Å². The molecule has 16 heavy (non-hydrogen) atoms. The summed E-state index contributed by atoms with van der Waals surface area (Å²) in [5.41, 5.74) is 0.965. The maximum atomic E-state index is 10.8. The van der Waals surface area contributed by atoms with Gasteiger partial charge in [0, 0.05) is 18.6 Å². The molecular formula is C11H13Cl2NO2. The summed E-state index contributed by atoms with van der Waals surface area (Å²) in [5, 5.41) is 0.166. The van der Waals surface area contributed by atoms with Crippen LogP contribution in [0.5, 0.6) is 5.75 Å². The quantitative estimate of drug-likeness (QED) is 0.616. The molecule has 0 heterocycles. The first-order chi connectivity index (χ1) is 7.54. The summed E-state index contributed by atoms with van der Waals surface area (Å²) < 4.78 is 5.04. The molecule has 88 valence electrons. The number of methoxy groups -OCH3 is 1. The number of nitrogens with zero attached hydrogens (tertiary/aromatic N) is 1. The lowest BCUT2D eigenvalue weighted by atomic mass is 10.1. The molecule has 0 atom stereocenters. The molecule has 0 radical (unpaired) electrons. The van der Waals surface area contributed by atoms with Gasteiger partial charge in [-0.05, 0) is 35.7 Å². The van der Waals surface area contributed by atoms with E-state index in [1.54, 1.807) is 20.2 Å². The minimum atomic E-state index is -0.468. The Morgan fingerprint density at radius 3 is 2.69 bits per heavy atom. The predicted molar refractivity (Wildman–Crippen MR) is 65.6 cm³/mol. The molecule has 1 aromatic carbocycles. The van der Waals surface area contributed by atoms with Gasteiger partial charge in [-0.25, -0.2) is 0 Å². The molecule has 1 rings (SSSR count). The summed E-state index contributed by atoms with van der Waals surface area (Å²) in [6.07, 6.45) is 0.664. The second-order valence-electron chi connectivity index (χ2n) is 3.38. The highest BCUT2D eigenvalue weighted by Crippen LogP contribution is 2.22. The molecule has 1 aromatic rings. The van der Waals surface area contributed by atoms with Crippen LogP contribution in [-0.2, 0) is 6.42 Å². The molecule has 0 aliphatic carbocycles. The van der Waals surface area contributed by atoms with E-state index in [1.165, 1.54) is 4.90 Å². The summed E-state index contributed by atoms with van der Waals surface area (Å²) in [7, 11) is 3.23. The van der Waals surface area contributed by atoms with Gasteiger partial charge < -0.3 is 9.64 Å². The maximum absolute atomic E-state index is 10.8. The van der Waals surface area contributed by atoms with E-state index in [1.807, 2.05) is 12.1 Å². The lowest BCUT2D eigenvalue weighted by Gasteiger charge is -2.13. The number of halogens is 2. The fourth-order valence-corrected chi connectivity index (χ4v) is 1.58. The van der Waals surface area contributed by atoms with Crippen molar-refractivity contribution in [1.82, 2.24) is 4.90 Å². The molecular weight excluding hydrogens is 249 g/mol. The zero-order valence-corrected chi connectivity index (χ0v) is 10.7. The summed E-state index contributed by atoms with van der Waals surface area (Å²) in [4.78, 5) is 12.2. The van der Waals surface area contributed by atoms with Crippen molar-refractivity contribution in [3.8, 4) is 5.75 Å². The van der Waals surface area contributed by atoms with Gasteiger partial charge in [0.2, 0.25) is 0 Å². The van der Waals surface area contributed by atoms with Crippen LogP contribution in [0.15, 0.2) is 18.2 Å². The molecule has 0 saturated heterocycles. The number of benzene rings is 1. The van der Waals surface area contributed by atoms with Crippen LogP contribution in [0.4, 0.5) is 4.79 Å². The molecule has 0 bridgehead atoms. The highest BCUT2D eigenvalue weighted by molar-refractivity contribution is 6.62. The maximum Gasteiger partial charge on any atom is 0.316 e. The summed E-state index contributed by atoms with van der Waals surface area (Å²) in [5.74, 6) is 0.718. The van der Waals surface area contributed by atoms with Crippen molar-refractivity contribution in [2.45, 2.75) is 6.42 Å². The molecule has 3 nitrogen and oxygen atoms in total. The van der Waals surface area contributed by atoms with E-state index >= 15 is 0 Å². The number of likely N-dealkylation sites (N-methyl/N-ethyl adjacent to an activating group) is 1. The minimum absolute atomic E-state index is 0.468. The third-order valence-electron chi connectivity index (χ3n) is 2.28. The van der Waals surface area contributed by atoms with Gasteiger partial charge in [0.1, 0.15) is 5.75 Å². The third-order valence-corrected chi connectivity index (χ3v) is 2.92. The Hall–Kier alpha value is -0.930. The molecule has 0 aliphatic rings. The lowest BCUT2D eigenvalue weighted by molar-refractivity contribution is 0.232. The lowest BCUT2D eigenvalue weighted by Crippen LogP contribution is -2.23. The van der Waals surface area contributed by atoms with Crippen molar-refractivity contribution < 1.29 is 9.53 Å². The molecule has 0 N–H and O–H groups in total. The molecule has 0 aliphatic heterocycles. The number of hydrogen-bond donors (Lipinski definition) is 0. The number of carbonyl (C=O) groups excluding carboxylic acids is 1. The number of rotatable bonds is 4. The predicted octanol–water partition coefficient (Wildman–Crippen LogP) is 3.18. The van der Waals surface area contributed by atoms with Gasteiger partial charge in [-0.15, -0.1) is 0 Å². The Morgan fingerprint density at radius 2 is 2.19 bits per heavy atom. The van der Waals surface area contributed by atoms with Gasteiger partial charge in [-0.3, -0.25) is 4.79 Å². The molecule has 0 spiro atoms. The van der Waals surface area contributed by atoms with Crippen molar-refractivity contribution >= 4 is 28.6 Å². The minimum Gasteiger partial charge on any atom is -0.497 e. The van der Waals surface area contributed by atoms with Crippen molar-refractivity contribution in [3.63, 3.8) is 0 Å². The van der Waals surface area contributed by atoms with Gasteiger partial charge in [0.25, 0.3) is 0 Å². The molecule has 0 fully saturated rings. The Labute approximate surface area is 105 Å². The van der Waals surface area contributed by atoms with Crippen LogP contribution in [0.3, 0.4) is 0 Å². The van der Waals surface area contributed by atoms with Crippen LogP contribution in [0.1, 0.15) is 5.56 Å². The second-order valence-corrected chi connectivity index (χ2v) is 4.11. The highest BCUT2D eigenvalue weighted by atomic mass is 35.5. The molecule has 1 amide bonds. The van der Waals surface area contributed by atoms with Gasteiger partial charge in [0.15, 0.2) is 0 Å². The van der Waals surface area contributed by atoms with Crippen molar-refractivity contribution in [3.05, 3.63) is 28.8 Å². The van der Waals surface area contributed by atoms with E-state index in [-0.39, 0.29) is 0 Å². The Kier molecular flexibility index (Phi) is 4.90. The van der Waals surface area contributed by atoms with Crippen LogP contribution in [0.25, 0.3) is 0 Å². The largest absolute Gasteiger partial charge is 0.497 e. The average molecular weight is 262 g/mol. The fourth-order valence-electron chi connectivity index (χ4n) is 1.23. The fraction of sp³-hybridized carbons (Fsp3) is 0.364. The average Bonchev–Trinajstić information content (AvgIpc) is 2.26. The first-order valence-corrected chi connectivity index (χ1v) is 5.53. The van der Waals surface area contributed by atoms with Gasteiger partial charge >= 0.3 is 5.37 Å². The normalized spacial score (nSPS) is 10.0. The second kappa shape index (κ2) is 5.97. The van der Waals surface area contributed by atoms with Crippen molar-refractivity contribution in [1.29, 1.82) is 0 Å². The molecule has 0 aromatic heterocycles. The summed E-state index contributed by atoms with van der Waals surface area (Å²) in [6.45, 7) is 0.536. The van der Waals surface area contributed by atoms with E-state index in [0.29, 0.717) is 18.0 Å². The Balaban J connectivity index is 2.64. The molecule has 0 saturated carbocycles. The number of carbonyl (C=O) groups is 1. The third kappa shape index (κ3) is 3.58. The zero-order chi connectivity index (χ0) is 12.1. The first kappa shape index (κ1) is 13.1. The number of ether oxygens (including phenoxy) is 1. The van der Waals surface area contributed by atoms with E-state index in [2.05, 4.69) is 0 Å². The van der Waals surface area contributed by atoms with E-state index < -0.39 is 5.37 Å². The first-order valence-electron chi connectivity index (χ1n) is 4.77. The van der Waals surface area contributed by atoms with Gasteiger partial charge in [-0.1, -0.05) is 17.7 Å². The smallest absolute Gasteiger partial charge is 0.316 e. The van der Waals surface area contributed by atoms with Gasteiger partial charge in [-0.2, -0.15) is 0 Å². The van der Waals surface area contributed by atoms with Gasteiger partial charge in [0.05, 0.1) is 7.11 Å². The number of amides is 1. The summed E-state index contributed by atoms with van der Waals surface area (Å²) >= 11 is 11.4. The Morgan fingerprint density at radius 1 is 1.50 bits per heavy atom. The molecule has 5 heteroatoms. The molecule has 0 unspecified atom stereocenters. The van der Waals surface area contributed by atoms with Crippen LogP contribution in [-0.4, -0.2) is 31.0 Å². The number of hydrogen-bond acceptors (Lipinski definition) is 2. The van der Waals surface area contributed by atoms with E-state index in [9.17, 15) is 4.79 Å².